The molecular weight excluding hydrogens is 396 g/mol. The van der Waals surface area contributed by atoms with Crippen LogP contribution < -0.4 is 0 Å². The van der Waals surface area contributed by atoms with E-state index in [1.54, 1.807) is 49.6 Å². The van der Waals surface area contributed by atoms with E-state index in [2.05, 4.69) is 0 Å². The van der Waals surface area contributed by atoms with Gasteiger partial charge < -0.3 is 14.5 Å². The highest BCUT2D eigenvalue weighted by Gasteiger charge is 2.58. The molecule has 0 radical (unpaired) electrons. The van der Waals surface area contributed by atoms with E-state index in [-0.39, 0.29) is 11.1 Å². The van der Waals surface area contributed by atoms with Gasteiger partial charge in [0, 0.05) is 13.1 Å². The molecule has 1 aromatic rings. The van der Waals surface area contributed by atoms with Gasteiger partial charge in [-0.25, -0.2) is 9.59 Å². The van der Waals surface area contributed by atoms with E-state index in [1.807, 2.05) is 0 Å². The number of thioether (sulfide) groups is 1. The molecule has 1 unspecified atom stereocenters. The van der Waals surface area contributed by atoms with Gasteiger partial charge in [0.25, 0.3) is 11.8 Å². The first-order chi connectivity index (χ1) is 13.6. The summed E-state index contributed by atoms with van der Waals surface area (Å²) in [5, 5.41) is 0.550. The summed E-state index contributed by atoms with van der Waals surface area (Å²) < 4.78 is 4.91. The smallest absolute Gasteiger partial charge is 0.410 e. The van der Waals surface area contributed by atoms with Crippen LogP contribution in [0, 0.1) is 5.92 Å². The van der Waals surface area contributed by atoms with Gasteiger partial charge in [-0.2, -0.15) is 11.8 Å². The average molecular weight is 418 g/mol. The lowest BCUT2D eigenvalue weighted by Gasteiger charge is -2.49. The molecule has 0 bridgehead atoms. The predicted molar refractivity (Wildman–Crippen MR) is 104 cm³/mol. The Kier molecular flexibility index (Phi) is 4.60. The monoisotopic (exact) mass is 418 g/mol. The van der Waals surface area contributed by atoms with Gasteiger partial charge in [-0.3, -0.25) is 9.59 Å². The number of likely N-dealkylation sites (tertiary alicyclic amines) is 1. The van der Waals surface area contributed by atoms with Gasteiger partial charge in [-0.05, 0) is 45.1 Å². The van der Waals surface area contributed by atoms with E-state index in [9.17, 15) is 19.2 Å². The lowest BCUT2D eigenvalue weighted by atomic mass is 9.83. The number of benzene rings is 1. The highest BCUT2D eigenvalue weighted by Crippen LogP contribution is 2.50. The SMILES string of the molecule is CC(C)(C)OC(=O)N1CC2(C1)SCCC2C(=O)ON1C(=O)c2ccccc2C1=O. The third-order valence-corrected chi connectivity index (χ3v) is 6.78. The predicted octanol–water partition coefficient (Wildman–Crippen LogP) is 2.48. The molecule has 0 N–H and O–H groups in total. The second kappa shape index (κ2) is 6.76. The number of imide groups is 1. The molecule has 0 saturated carbocycles. The van der Waals surface area contributed by atoms with Crippen molar-refractivity contribution in [3.05, 3.63) is 35.4 Å². The third-order valence-electron chi connectivity index (χ3n) is 5.22. The number of carbonyl (C=O) groups excluding carboxylic acids is 4. The highest BCUT2D eigenvalue weighted by molar-refractivity contribution is 8.01. The topological polar surface area (TPSA) is 93.2 Å². The van der Waals surface area contributed by atoms with Crippen molar-refractivity contribution in [2.75, 3.05) is 18.8 Å². The molecule has 1 aromatic carbocycles. The molecular formula is C20H22N2O6S. The van der Waals surface area contributed by atoms with Gasteiger partial charge in [0.2, 0.25) is 0 Å². The maximum Gasteiger partial charge on any atom is 0.410 e. The van der Waals surface area contributed by atoms with Gasteiger partial charge >= 0.3 is 12.1 Å². The number of hydroxylamine groups is 2. The molecule has 0 aromatic heterocycles. The zero-order valence-corrected chi connectivity index (χ0v) is 17.3. The van der Waals surface area contributed by atoms with Gasteiger partial charge in [-0.1, -0.05) is 17.2 Å². The molecule has 3 heterocycles. The minimum atomic E-state index is -0.636. The molecule has 8 nitrogen and oxygen atoms in total. The Morgan fingerprint density at radius 2 is 1.69 bits per heavy atom. The van der Waals surface area contributed by atoms with Crippen LogP contribution in [-0.2, 0) is 14.4 Å². The Labute approximate surface area is 172 Å². The first-order valence-electron chi connectivity index (χ1n) is 9.43. The first kappa shape index (κ1) is 19.8. The van der Waals surface area contributed by atoms with Gasteiger partial charge in [0.15, 0.2) is 0 Å². The quantitative estimate of drug-likeness (QED) is 0.681. The summed E-state index contributed by atoms with van der Waals surface area (Å²) in [6.45, 7) is 6.13. The molecule has 2 saturated heterocycles. The van der Waals surface area contributed by atoms with Crippen LogP contribution in [0.15, 0.2) is 24.3 Å². The zero-order chi connectivity index (χ0) is 21.0. The Bertz CT molecular complexity index is 867. The van der Waals surface area contributed by atoms with Gasteiger partial charge in [0.05, 0.1) is 21.8 Å². The van der Waals surface area contributed by atoms with Crippen molar-refractivity contribution in [2.24, 2.45) is 5.92 Å². The summed E-state index contributed by atoms with van der Waals surface area (Å²) in [4.78, 5) is 56.7. The molecule has 3 aliphatic heterocycles. The molecule has 1 spiro atoms. The minimum Gasteiger partial charge on any atom is -0.444 e. The summed E-state index contributed by atoms with van der Waals surface area (Å²) in [7, 11) is 0. The van der Waals surface area contributed by atoms with Crippen LogP contribution in [0.1, 0.15) is 47.9 Å². The van der Waals surface area contributed by atoms with Crippen LogP contribution in [0.2, 0.25) is 0 Å². The second-order valence-corrected chi connectivity index (χ2v) is 9.96. The van der Waals surface area contributed by atoms with E-state index in [0.29, 0.717) is 24.6 Å². The molecule has 4 rings (SSSR count). The van der Waals surface area contributed by atoms with Crippen molar-refractivity contribution < 1.29 is 28.8 Å². The van der Waals surface area contributed by atoms with Crippen molar-refractivity contribution >= 4 is 35.6 Å². The number of nitrogens with zero attached hydrogens (tertiary/aromatic N) is 2. The van der Waals surface area contributed by atoms with Crippen LogP contribution in [0.3, 0.4) is 0 Å². The lowest BCUT2D eigenvalue weighted by molar-refractivity contribution is -0.176. The van der Waals surface area contributed by atoms with Crippen LogP contribution in [-0.4, -0.2) is 63.0 Å². The van der Waals surface area contributed by atoms with Gasteiger partial charge in [0.1, 0.15) is 5.60 Å². The number of hydrogen-bond acceptors (Lipinski definition) is 7. The normalized spacial score (nSPS) is 22.5. The lowest BCUT2D eigenvalue weighted by Crippen LogP contribution is -2.65. The molecule has 3 aliphatic rings. The molecule has 0 aliphatic carbocycles. The summed E-state index contributed by atoms with van der Waals surface area (Å²) in [6.07, 6.45) is 0.151. The largest absolute Gasteiger partial charge is 0.444 e. The number of rotatable bonds is 2. The third kappa shape index (κ3) is 3.37. The van der Waals surface area contributed by atoms with E-state index in [4.69, 9.17) is 9.57 Å². The maximum absolute atomic E-state index is 12.8. The highest BCUT2D eigenvalue weighted by atomic mass is 32.2. The van der Waals surface area contributed by atoms with Crippen molar-refractivity contribution in [3.8, 4) is 0 Å². The summed E-state index contributed by atoms with van der Waals surface area (Å²) in [5.74, 6) is -1.65. The average Bonchev–Trinajstić information content (AvgIpc) is 3.15. The fraction of sp³-hybridized carbons (Fsp3) is 0.500. The summed E-state index contributed by atoms with van der Waals surface area (Å²) in [5.41, 5.74) is -0.145. The number of fused-ring (bicyclic) bond motifs is 1. The fourth-order valence-electron chi connectivity index (χ4n) is 3.85. The molecule has 154 valence electrons. The maximum atomic E-state index is 12.8. The van der Waals surface area contributed by atoms with Crippen molar-refractivity contribution in [1.29, 1.82) is 0 Å². The zero-order valence-electron chi connectivity index (χ0n) is 16.5. The summed E-state index contributed by atoms with van der Waals surface area (Å²) in [6, 6.07) is 6.36. The van der Waals surface area contributed by atoms with E-state index in [0.717, 1.165) is 5.75 Å². The number of hydrogen-bond donors (Lipinski definition) is 0. The first-order valence-corrected chi connectivity index (χ1v) is 10.4. The Balaban J connectivity index is 1.42. The minimum absolute atomic E-state index is 0.223. The second-order valence-electron chi connectivity index (χ2n) is 8.45. The standard InChI is InChI=1S/C20H22N2O6S/c1-19(2,3)27-18(26)21-10-20(11-21)14(8-9-29-20)17(25)28-22-15(23)12-6-4-5-7-13(12)16(22)24/h4-7,14H,8-11H2,1-3H3. The van der Waals surface area contributed by atoms with Crippen LogP contribution in [0.4, 0.5) is 4.79 Å². The Hall–Kier alpha value is -2.55. The molecule has 29 heavy (non-hydrogen) atoms. The van der Waals surface area contributed by atoms with E-state index >= 15 is 0 Å². The number of ether oxygens (including phenoxy) is 1. The number of carbonyl (C=O) groups is 4. The molecule has 3 amide bonds. The van der Waals surface area contributed by atoms with Crippen molar-refractivity contribution in [1.82, 2.24) is 9.96 Å². The van der Waals surface area contributed by atoms with Gasteiger partial charge in [-0.15, -0.1) is 0 Å². The summed E-state index contributed by atoms with van der Waals surface area (Å²) >= 11 is 1.62. The fourth-order valence-corrected chi connectivity index (χ4v) is 5.52. The molecule has 1 atom stereocenters. The van der Waals surface area contributed by atoms with Crippen LogP contribution in [0.25, 0.3) is 0 Å². The van der Waals surface area contributed by atoms with E-state index in [1.165, 1.54) is 12.1 Å². The van der Waals surface area contributed by atoms with Crippen LogP contribution >= 0.6 is 11.8 Å². The van der Waals surface area contributed by atoms with Crippen molar-refractivity contribution in [2.45, 2.75) is 37.5 Å². The molecule has 2 fully saturated rings. The Morgan fingerprint density at radius 1 is 1.10 bits per heavy atom. The van der Waals surface area contributed by atoms with Crippen molar-refractivity contribution in [3.63, 3.8) is 0 Å². The van der Waals surface area contributed by atoms with E-state index < -0.39 is 40.1 Å². The molecule has 9 heteroatoms. The van der Waals surface area contributed by atoms with Crippen LogP contribution in [0.5, 0.6) is 0 Å². The number of amides is 3. The Morgan fingerprint density at radius 3 is 2.24 bits per heavy atom.